The zero-order chi connectivity index (χ0) is 18.5. The first-order valence-corrected chi connectivity index (χ1v) is 9.07. The van der Waals surface area contributed by atoms with Gasteiger partial charge in [0.15, 0.2) is 0 Å². The maximum absolute atomic E-state index is 13.1. The number of nitrogens with zero attached hydrogens (tertiary/aromatic N) is 3. The molecule has 1 aliphatic carbocycles. The van der Waals surface area contributed by atoms with Crippen LogP contribution in [0, 0.1) is 25.2 Å². The second-order valence-electron chi connectivity index (χ2n) is 7.58. The van der Waals surface area contributed by atoms with E-state index in [9.17, 15) is 14.7 Å². The molecule has 1 aromatic heterocycles. The number of hydrogen-bond acceptors (Lipinski definition) is 3. The summed E-state index contributed by atoms with van der Waals surface area (Å²) in [7, 11) is 0. The van der Waals surface area contributed by atoms with Crippen LogP contribution in [0.2, 0.25) is 0 Å². The van der Waals surface area contributed by atoms with E-state index in [1.807, 2.05) is 38.1 Å². The number of carbonyl (C=O) groups is 2. The Labute approximate surface area is 152 Å². The molecule has 0 unspecified atom stereocenters. The van der Waals surface area contributed by atoms with E-state index in [0.29, 0.717) is 25.1 Å². The van der Waals surface area contributed by atoms with Gasteiger partial charge in [0.05, 0.1) is 28.6 Å². The maximum Gasteiger partial charge on any atom is 0.311 e. The molecule has 1 amide bonds. The highest BCUT2D eigenvalue weighted by molar-refractivity contribution is 5.96. The lowest BCUT2D eigenvalue weighted by molar-refractivity contribution is -0.149. The Morgan fingerprint density at radius 1 is 1.27 bits per heavy atom. The summed E-state index contributed by atoms with van der Waals surface area (Å²) < 4.78 is 1.78. The summed E-state index contributed by atoms with van der Waals surface area (Å²) in [5, 5.41) is 14.1. The van der Waals surface area contributed by atoms with Crippen LogP contribution < -0.4 is 0 Å². The smallest absolute Gasteiger partial charge is 0.311 e. The fraction of sp³-hybridized carbons (Fsp3) is 0.450. The van der Waals surface area contributed by atoms with Gasteiger partial charge in [-0.05, 0) is 44.2 Å². The molecule has 6 nitrogen and oxygen atoms in total. The van der Waals surface area contributed by atoms with E-state index in [1.54, 1.807) is 15.8 Å². The summed E-state index contributed by atoms with van der Waals surface area (Å²) >= 11 is 0. The summed E-state index contributed by atoms with van der Waals surface area (Å²) in [6.07, 6.45) is 4.09. The first-order chi connectivity index (χ1) is 12.4. The highest BCUT2D eigenvalue weighted by Crippen LogP contribution is 2.49. The van der Waals surface area contributed by atoms with E-state index < -0.39 is 11.4 Å². The molecular weight excluding hydrogens is 330 g/mol. The van der Waals surface area contributed by atoms with Gasteiger partial charge in [0.1, 0.15) is 0 Å². The highest BCUT2D eigenvalue weighted by Gasteiger charge is 2.56. The van der Waals surface area contributed by atoms with Crippen molar-refractivity contribution in [3.8, 4) is 5.69 Å². The molecule has 2 aliphatic rings. The third-order valence-corrected chi connectivity index (χ3v) is 6.17. The van der Waals surface area contributed by atoms with Crippen molar-refractivity contribution in [3.05, 3.63) is 47.3 Å². The van der Waals surface area contributed by atoms with Gasteiger partial charge in [0.25, 0.3) is 5.91 Å². The minimum absolute atomic E-state index is 0.0654. The number of carboxylic acids is 1. The van der Waals surface area contributed by atoms with Gasteiger partial charge in [-0.25, -0.2) is 4.68 Å². The summed E-state index contributed by atoms with van der Waals surface area (Å²) in [6.45, 7) is 4.73. The number of aromatic nitrogens is 2. The molecule has 0 spiro atoms. The minimum atomic E-state index is -0.761. The lowest BCUT2D eigenvalue weighted by atomic mass is 9.81. The number of para-hydroxylation sites is 1. The Kier molecular flexibility index (Phi) is 3.86. The molecule has 0 radical (unpaired) electrons. The first-order valence-electron chi connectivity index (χ1n) is 9.07. The number of likely N-dealkylation sites (tertiary alicyclic amines) is 1. The fourth-order valence-corrected chi connectivity index (χ4v) is 4.63. The van der Waals surface area contributed by atoms with Gasteiger partial charge < -0.3 is 10.0 Å². The van der Waals surface area contributed by atoms with E-state index in [0.717, 1.165) is 29.8 Å². The molecule has 1 aliphatic heterocycles. The Morgan fingerprint density at radius 3 is 2.73 bits per heavy atom. The van der Waals surface area contributed by atoms with Crippen molar-refractivity contribution in [3.63, 3.8) is 0 Å². The van der Waals surface area contributed by atoms with Crippen molar-refractivity contribution in [2.75, 3.05) is 13.1 Å². The standard InChI is InChI=1S/C20H23N3O3/c1-13-6-3-4-8-17(13)23-14(2)16(10-21-23)18(24)22-11-15-7-5-9-20(15,12-22)19(25)26/h3-4,6,8,10,15H,5,7,9,11-12H2,1-2H3,(H,25,26)/t15-,20+/m0/s1. The quantitative estimate of drug-likeness (QED) is 0.921. The van der Waals surface area contributed by atoms with E-state index in [1.165, 1.54) is 0 Å². The van der Waals surface area contributed by atoms with Gasteiger partial charge in [-0.2, -0.15) is 5.10 Å². The number of aryl methyl sites for hydroxylation is 1. The van der Waals surface area contributed by atoms with Crippen LogP contribution in [0.5, 0.6) is 0 Å². The Hall–Kier alpha value is -2.63. The van der Waals surface area contributed by atoms with Gasteiger partial charge in [0.2, 0.25) is 0 Å². The van der Waals surface area contributed by atoms with Gasteiger partial charge in [-0.1, -0.05) is 24.6 Å². The van der Waals surface area contributed by atoms with Crippen molar-refractivity contribution in [1.82, 2.24) is 14.7 Å². The lowest BCUT2D eigenvalue weighted by Gasteiger charge is -2.23. The third kappa shape index (κ3) is 2.35. The van der Waals surface area contributed by atoms with E-state index in [2.05, 4.69) is 5.10 Å². The second kappa shape index (κ2) is 5.97. The molecule has 0 bridgehead atoms. The number of fused-ring (bicyclic) bond motifs is 1. The fourth-order valence-electron chi connectivity index (χ4n) is 4.63. The van der Waals surface area contributed by atoms with Crippen LogP contribution in [0.25, 0.3) is 5.69 Å². The molecule has 2 aromatic rings. The molecule has 26 heavy (non-hydrogen) atoms. The topological polar surface area (TPSA) is 75.4 Å². The average Bonchev–Trinajstić information content (AvgIpc) is 3.27. The molecule has 6 heteroatoms. The predicted octanol–water partition coefficient (Wildman–Crippen LogP) is 2.82. The van der Waals surface area contributed by atoms with Gasteiger partial charge in [-0.15, -0.1) is 0 Å². The predicted molar refractivity (Wildman–Crippen MR) is 96.4 cm³/mol. The van der Waals surface area contributed by atoms with E-state index >= 15 is 0 Å². The number of carboxylic acid groups (broad SMARTS) is 1. The minimum Gasteiger partial charge on any atom is -0.481 e. The normalized spacial score (nSPS) is 24.7. The van der Waals surface area contributed by atoms with Crippen LogP contribution in [0.4, 0.5) is 0 Å². The van der Waals surface area contributed by atoms with Gasteiger partial charge >= 0.3 is 5.97 Å². The third-order valence-electron chi connectivity index (χ3n) is 6.17. The van der Waals surface area contributed by atoms with Crippen molar-refractivity contribution in [1.29, 1.82) is 0 Å². The van der Waals surface area contributed by atoms with Crippen LogP contribution in [-0.4, -0.2) is 44.8 Å². The molecule has 1 saturated carbocycles. The zero-order valence-corrected chi connectivity index (χ0v) is 15.1. The van der Waals surface area contributed by atoms with Crippen LogP contribution in [0.15, 0.2) is 30.5 Å². The summed E-state index contributed by atoms with van der Waals surface area (Å²) in [5.74, 6) is -0.810. The summed E-state index contributed by atoms with van der Waals surface area (Å²) in [4.78, 5) is 26.6. The SMILES string of the molecule is Cc1ccccc1-n1ncc(C(=O)N2C[C@@H]3CCC[C@@]3(C(=O)O)C2)c1C. The molecule has 1 aromatic carbocycles. The Balaban J connectivity index is 1.63. The number of rotatable bonds is 3. The van der Waals surface area contributed by atoms with Crippen molar-refractivity contribution in [2.45, 2.75) is 33.1 Å². The molecule has 2 heterocycles. The largest absolute Gasteiger partial charge is 0.481 e. The zero-order valence-electron chi connectivity index (χ0n) is 15.1. The molecule has 1 N–H and O–H groups in total. The molecule has 4 rings (SSSR count). The molecule has 2 atom stereocenters. The maximum atomic E-state index is 13.1. The van der Waals surface area contributed by atoms with Crippen molar-refractivity contribution in [2.24, 2.45) is 11.3 Å². The average molecular weight is 353 g/mol. The molecule has 136 valence electrons. The van der Waals surface area contributed by atoms with Gasteiger partial charge in [0, 0.05) is 13.1 Å². The number of benzene rings is 1. The van der Waals surface area contributed by atoms with Crippen LogP contribution >= 0.6 is 0 Å². The molecular formula is C20H23N3O3. The van der Waals surface area contributed by atoms with Crippen LogP contribution in [0.3, 0.4) is 0 Å². The van der Waals surface area contributed by atoms with Crippen LogP contribution in [0.1, 0.15) is 40.9 Å². The molecule has 2 fully saturated rings. The van der Waals surface area contributed by atoms with Crippen LogP contribution in [-0.2, 0) is 4.79 Å². The number of amides is 1. The van der Waals surface area contributed by atoms with Gasteiger partial charge in [-0.3, -0.25) is 9.59 Å². The second-order valence-corrected chi connectivity index (χ2v) is 7.58. The monoisotopic (exact) mass is 353 g/mol. The highest BCUT2D eigenvalue weighted by atomic mass is 16.4. The van der Waals surface area contributed by atoms with Crippen molar-refractivity contribution >= 4 is 11.9 Å². The Morgan fingerprint density at radius 2 is 2.04 bits per heavy atom. The number of carbonyl (C=O) groups excluding carboxylic acids is 1. The van der Waals surface area contributed by atoms with Crippen molar-refractivity contribution < 1.29 is 14.7 Å². The lowest BCUT2D eigenvalue weighted by Crippen LogP contribution is -2.37. The first kappa shape index (κ1) is 16.8. The Bertz CT molecular complexity index is 888. The number of aliphatic carboxylic acids is 1. The number of hydrogen-bond donors (Lipinski definition) is 1. The van der Waals surface area contributed by atoms with E-state index in [-0.39, 0.29) is 11.8 Å². The van der Waals surface area contributed by atoms with E-state index in [4.69, 9.17) is 0 Å². The summed E-state index contributed by atoms with van der Waals surface area (Å²) in [5.41, 5.74) is 2.61. The summed E-state index contributed by atoms with van der Waals surface area (Å²) in [6, 6.07) is 7.90. The molecule has 1 saturated heterocycles.